The molecule has 146 valence electrons. The van der Waals surface area contributed by atoms with Crippen molar-refractivity contribution in [2.24, 2.45) is 0 Å². The molecule has 0 amide bonds. The van der Waals surface area contributed by atoms with Gasteiger partial charge in [-0.25, -0.2) is 18.8 Å². The van der Waals surface area contributed by atoms with Gasteiger partial charge in [-0.15, -0.1) is 0 Å². The fourth-order valence-electron chi connectivity index (χ4n) is 3.69. The van der Waals surface area contributed by atoms with E-state index in [1.165, 1.54) is 16.5 Å². The summed E-state index contributed by atoms with van der Waals surface area (Å²) >= 11 is 5.90. The molecule has 1 aliphatic carbocycles. The maximum absolute atomic E-state index is 14.7. The zero-order valence-electron chi connectivity index (χ0n) is 15.5. The lowest BCUT2D eigenvalue weighted by Gasteiger charge is -2.22. The van der Waals surface area contributed by atoms with E-state index >= 15 is 0 Å². The largest absolute Gasteiger partial charge is 0.395 e. The van der Waals surface area contributed by atoms with Crippen LogP contribution < -0.4 is 10.5 Å². The van der Waals surface area contributed by atoms with Gasteiger partial charge >= 0.3 is 0 Å². The fraction of sp³-hybridized carbons (Fsp3) is 0.350. The number of halogens is 2. The molecule has 2 aromatic heterocycles. The van der Waals surface area contributed by atoms with Gasteiger partial charge in [-0.1, -0.05) is 11.6 Å². The molecule has 0 bridgehead atoms. The highest BCUT2D eigenvalue weighted by Gasteiger charge is 2.23. The zero-order chi connectivity index (χ0) is 19.8. The first-order valence-electron chi connectivity index (χ1n) is 9.30. The Labute approximate surface area is 166 Å². The predicted octanol–water partition coefficient (Wildman–Crippen LogP) is 2.86. The van der Waals surface area contributed by atoms with Gasteiger partial charge in [0.1, 0.15) is 17.3 Å². The van der Waals surface area contributed by atoms with Gasteiger partial charge < -0.3 is 10.0 Å². The van der Waals surface area contributed by atoms with Gasteiger partial charge in [-0.05, 0) is 44.4 Å². The Balaban J connectivity index is 2.06. The Morgan fingerprint density at radius 2 is 2.11 bits per heavy atom. The smallest absolute Gasteiger partial charge is 0.263 e. The monoisotopic (exact) mass is 402 g/mol. The summed E-state index contributed by atoms with van der Waals surface area (Å²) in [6.07, 6.45) is 2.31. The lowest BCUT2D eigenvalue weighted by Crippen LogP contribution is -2.29. The van der Waals surface area contributed by atoms with Crippen LogP contribution in [0, 0.1) is 5.82 Å². The number of hydrogen-bond donors (Lipinski definition) is 1. The number of aliphatic hydroxyl groups is 1. The van der Waals surface area contributed by atoms with Crippen molar-refractivity contribution in [3.05, 3.63) is 56.7 Å². The molecular formula is C20H20ClFN4O2. The van der Waals surface area contributed by atoms with Gasteiger partial charge in [-0.2, -0.15) is 0 Å². The van der Waals surface area contributed by atoms with Gasteiger partial charge in [0.2, 0.25) is 0 Å². The number of aromatic nitrogens is 3. The Morgan fingerprint density at radius 1 is 1.29 bits per heavy atom. The molecule has 1 aliphatic rings. The number of aliphatic hydroxyl groups excluding tert-OH is 1. The molecule has 1 aromatic carbocycles. The van der Waals surface area contributed by atoms with Crippen LogP contribution in [-0.2, 0) is 12.8 Å². The Bertz CT molecular complexity index is 1120. The third-order valence-corrected chi connectivity index (χ3v) is 5.30. The van der Waals surface area contributed by atoms with E-state index in [9.17, 15) is 14.3 Å². The van der Waals surface area contributed by atoms with Crippen molar-refractivity contribution in [2.45, 2.75) is 26.2 Å². The normalized spacial score (nSPS) is 13.1. The highest BCUT2D eigenvalue weighted by atomic mass is 35.5. The van der Waals surface area contributed by atoms with Crippen LogP contribution in [0.25, 0.3) is 17.0 Å². The minimum absolute atomic E-state index is 0.0459. The molecule has 8 heteroatoms. The minimum Gasteiger partial charge on any atom is -0.395 e. The lowest BCUT2D eigenvalue weighted by molar-refractivity contribution is 0.302. The van der Waals surface area contributed by atoms with E-state index in [0.29, 0.717) is 36.5 Å². The summed E-state index contributed by atoms with van der Waals surface area (Å²) in [5, 5.41) is 9.63. The van der Waals surface area contributed by atoms with Crippen molar-refractivity contribution in [3.63, 3.8) is 0 Å². The highest BCUT2D eigenvalue weighted by Crippen LogP contribution is 2.28. The quantitative estimate of drug-likeness (QED) is 0.710. The summed E-state index contributed by atoms with van der Waals surface area (Å²) in [5.74, 6) is 0.159. The maximum Gasteiger partial charge on any atom is 0.263 e. The van der Waals surface area contributed by atoms with Crippen LogP contribution in [-0.4, -0.2) is 39.2 Å². The van der Waals surface area contributed by atoms with E-state index in [1.807, 2.05) is 11.8 Å². The number of aryl methyl sites for hydroxylation is 1. The van der Waals surface area contributed by atoms with Crippen LogP contribution in [0.2, 0.25) is 5.02 Å². The number of anilines is 1. The summed E-state index contributed by atoms with van der Waals surface area (Å²) in [7, 11) is 0. The fourth-order valence-corrected chi connectivity index (χ4v) is 3.84. The first kappa shape index (κ1) is 18.8. The average Bonchev–Trinajstić information content (AvgIpc) is 3.14. The second-order valence-corrected chi connectivity index (χ2v) is 7.19. The zero-order valence-corrected chi connectivity index (χ0v) is 16.2. The Morgan fingerprint density at radius 3 is 2.82 bits per heavy atom. The number of fused-ring (bicyclic) bond motifs is 2. The molecular weight excluding hydrogens is 383 g/mol. The lowest BCUT2D eigenvalue weighted by atomic mass is 10.2. The van der Waals surface area contributed by atoms with E-state index < -0.39 is 5.82 Å². The predicted molar refractivity (Wildman–Crippen MR) is 107 cm³/mol. The summed E-state index contributed by atoms with van der Waals surface area (Å²) in [6.45, 7) is 2.86. The van der Waals surface area contributed by atoms with Crippen molar-refractivity contribution in [3.8, 4) is 11.4 Å². The molecule has 0 saturated carbocycles. The van der Waals surface area contributed by atoms with Crippen LogP contribution in [0.4, 0.5) is 10.2 Å². The molecule has 2 heterocycles. The van der Waals surface area contributed by atoms with Gasteiger partial charge in [0.05, 0.1) is 17.9 Å². The molecule has 3 aromatic rings. The van der Waals surface area contributed by atoms with Crippen molar-refractivity contribution in [1.29, 1.82) is 0 Å². The topological polar surface area (TPSA) is 70.7 Å². The van der Waals surface area contributed by atoms with Gasteiger partial charge in [-0.3, -0.25) is 4.79 Å². The number of hydrogen-bond acceptors (Lipinski definition) is 5. The Hall–Kier alpha value is -2.51. The van der Waals surface area contributed by atoms with Crippen molar-refractivity contribution < 1.29 is 9.50 Å². The van der Waals surface area contributed by atoms with E-state index in [0.717, 1.165) is 18.5 Å². The Kier molecular flexibility index (Phi) is 5.03. The average molecular weight is 403 g/mol. The third-order valence-electron chi connectivity index (χ3n) is 5.07. The molecule has 6 nitrogen and oxygen atoms in total. The van der Waals surface area contributed by atoms with E-state index in [2.05, 4.69) is 9.97 Å². The molecule has 0 radical (unpaired) electrons. The summed E-state index contributed by atoms with van der Waals surface area (Å²) in [6, 6.07) is 6.01. The second kappa shape index (κ2) is 7.48. The van der Waals surface area contributed by atoms with Crippen LogP contribution in [0.15, 0.2) is 29.1 Å². The summed E-state index contributed by atoms with van der Waals surface area (Å²) < 4.78 is 16.1. The number of likely N-dealkylation sites (N-methyl/N-ethyl adjacent to an activating group) is 1. The second-order valence-electron chi connectivity index (χ2n) is 6.75. The SMILES string of the molecule is CCN(CCO)c1cc2nc3c(c(=O)n2c(-c2ccc(Cl)cc2F)n1)CCC3. The first-order valence-corrected chi connectivity index (χ1v) is 9.68. The van der Waals surface area contributed by atoms with Crippen LogP contribution >= 0.6 is 11.6 Å². The van der Waals surface area contributed by atoms with Gasteiger partial charge in [0.25, 0.3) is 5.56 Å². The molecule has 0 fully saturated rings. The molecule has 4 rings (SSSR count). The first-order chi connectivity index (χ1) is 13.5. The molecule has 28 heavy (non-hydrogen) atoms. The van der Waals surface area contributed by atoms with Crippen molar-refractivity contribution in [2.75, 3.05) is 24.6 Å². The highest BCUT2D eigenvalue weighted by molar-refractivity contribution is 6.30. The summed E-state index contributed by atoms with van der Waals surface area (Å²) in [4.78, 5) is 24.3. The summed E-state index contributed by atoms with van der Waals surface area (Å²) in [5.41, 5.74) is 1.88. The molecule has 0 atom stereocenters. The number of benzene rings is 1. The van der Waals surface area contributed by atoms with E-state index in [-0.39, 0.29) is 28.6 Å². The van der Waals surface area contributed by atoms with Crippen molar-refractivity contribution >= 4 is 23.1 Å². The number of nitrogens with zero attached hydrogens (tertiary/aromatic N) is 4. The maximum atomic E-state index is 14.7. The molecule has 0 saturated heterocycles. The van der Waals surface area contributed by atoms with E-state index in [4.69, 9.17) is 11.6 Å². The van der Waals surface area contributed by atoms with Gasteiger partial charge in [0.15, 0.2) is 5.82 Å². The van der Waals surface area contributed by atoms with E-state index in [1.54, 1.807) is 12.1 Å². The standard InChI is InChI=1S/C20H20ClFN4O2/c1-2-25(8-9-27)17-11-18-23-16-5-3-4-14(16)20(28)26(18)19(24-17)13-7-6-12(21)10-15(13)22/h6-7,10-11,27H,2-5,8-9H2,1H3. The van der Waals surface area contributed by atoms with Crippen LogP contribution in [0.3, 0.4) is 0 Å². The molecule has 0 unspecified atom stereocenters. The van der Waals surface area contributed by atoms with Gasteiger partial charge in [0, 0.05) is 29.7 Å². The third kappa shape index (κ3) is 3.14. The minimum atomic E-state index is -0.559. The molecule has 0 aliphatic heterocycles. The number of rotatable bonds is 5. The van der Waals surface area contributed by atoms with Crippen LogP contribution in [0.1, 0.15) is 24.6 Å². The molecule has 0 spiro atoms. The molecule has 1 N–H and O–H groups in total. The van der Waals surface area contributed by atoms with Crippen molar-refractivity contribution in [1.82, 2.24) is 14.4 Å². The van der Waals surface area contributed by atoms with Crippen LogP contribution in [0.5, 0.6) is 0 Å².